The van der Waals surface area contributed by atoms with Crippen LogP contribution in [0, 0.1) is 31.6 Å². The Bertz CT molecular complexity index is 2940. The zero-order valence-electron chi connectivity index (χ0n) is 36.9. The van der Waals surface area contributed by atoms with Crippen LogP contribution in [0.25, 0.3) is 38.8 Å². The van der Waals surface area contributed by atoms with Crippen molar-refractivity contribution in [2.24, 2.45) is 10.8 Å². The van der Waals surface area contributed by atoms with E-state index in [1.165, 1.54) is 61.9 Å². The first-order valence-electron chi connectivity index (χ1n) is 21.9. The summed E-state index contributed by atoms with van der Waals surface area (Å²) in [5.41, 5.74) is 14.4. The number of aromatic nitrogens is 2. The first-order chi connectivity index (χ1) is 29.4. The van der Waals surface area contributed by atoms with Gasteiger partial charge in [0.15, 0.2) is 0 Å². The maximum atomic E-state index is 7.03. The van der Waals surface area contributed by atoms with E-state index in [2.05, 4.69) is 209 Å². The van der Waals surface area contributed by atoms with E-state index in [-0.39, 0.29) is 16.2 Å². The lowest BCUT2D eigenvalue weighted by molar-refractivity contribution is 0.00547. The maximum absolute atomic E-state index is 7.03. The number of para-hydroxylation sites is 3. The largest absolute Gasteiger partial charge is 0.457 e. The monoisotopic (exact) mass is 800 g/mol. The molecule has 5 nitrogen and oxygen atoms in total. The number of anilines is 3. The summed E-state index contributed by atoms with van der Waals surface area (Å²) >= 11 is 0. The van der Waals surface area contributed by atoms with E-state index in [0.29, 0.717) is 0 Å². The van der Waals surface area contributed by atoms with Gasteiger partial charge < -0.3 is 14.5 Å². The summed E-state index contributed by atoms with van der Waals surface area (Å²) in [4.78, 5) is 9.87. The van der Waals surface area contributed by atoms with E-state index in [1.807, 2.05) is 6.20 Å². The average molecular weight is 801 g/mol. The molecule has 1 aliphatic carbocycles. The Morgan fingerprint density at radius 1 is 0.590 bits per heavy atom. The molecule has 0 amide bonds. The van der Waals surface area contributed by atoms with E-state index in [9.17, 15) is 0 Å². The molecule has 0 unspecified atom stereocenters. The Balaban J connectivity index is 1.13. The van der Waals surface area contributed by atoms with Crippen LogP contribution in [-0.2, 0) is 5.41 Å². The molecular weight excluding hydrogens is 745 g/mol. The zero-order chi connectivity index (χ0) is 42.3. The smallest absolute Gasteiger partial charge is 0.137 e. The Hall–Kier alpha value is -6.33. The summed E-state index contributed by atoms with van der Waals surface area (Å²) in [6, 6.07) is 51.1. The van der Waals surface area contributed by atoms with Crippen molar-refractivity contribution < 1.29 is 4.74 Å². The third-order valence-electron chi connectivity index (χ3n) is 14.2. The number of aryl methyl sites for hydroxylation is 3. The van der Waals surface area contributed by atoms with Gasteiger partial charge in [-0.05, 0) is 132 Å². The van der Waals surface area contributed by atoms with Gasteiger partial charge in [0.05, 0.1) is 29.1 Å². The SMILES string of the molecule is Cc1cc(C)c(-c2cc(Oc3ccc4c5ccccc5n(-c5cc(C6(c7ccccc7)C(C)(C)CCCC6(C)C)ccn5)c4c3)cc(N3CN(C)c4ccccc43)c2)c(C)c1. The van der Waals surface area contributed by atoms with Crippen LogP contribution in [0.15, 0.2) is 146 Å². The standard InChI is InChI=1S/C56H56N4O/c1-37-29-38(2)53(39(3)30-37)40-31-43(59-36-58(8)49-21-14-15-22-50(49)59)34-45(32-40)61-44-23-24-47-46-19-12-13-20-48(46)60(51(47)35-44)52-33-42(25-28-57-52)56(41-17-10-9-11-18-41)54(4,5)26-16-27-55(56,6)7/h9-15,17-25,28-35H,16,26-27,36H2,1-8H3. The quantitative estimate of drug-likeness (QED) is 0.161. The number of hydrogen-bond acceptors (Lipinski definition) is 4. The lowest BCUT2D eigenvalue weighted by Gasteiger charge is -2.60. The highest BCUT2D eigenvalue weighted by Crippen LogP contribution is 2.64. The van der Waals surface area contributed by atoms with Gasteiger partial charge in [-0.25, -0.2) is 4.98 Å². The minimum atomic E-state index is -0.230. The third-order valence-corrected chi connectivity index (χ3v) is 14.2. The minimum Gasteiger partial charge on any atom is -0.457 e. The molecule has 0 spiro atoms. The van der Waals surface area contributed by atoms with Crippen LogP contribution in [0.1, 0.15) is 74.8 Å². The molecule has 0 radical (unpaired) electrons. The highest BCUT2D eigenvalue weighted by molar-refractivity contribution is 6.09. The van der Waals surface area contributed by atoms with Gasteiger partial charge in [0.25, 0.3) is 0 Å². The van der Waals surface area contributed by atoms with Gasteiger partial charge in [-0.3, -0.25) is 4.57 Å². The van der Waals surface area contributed by atoms with Gasteiger partial charge in [0.2, 0.25) is 0 Å². The van der Waals surface area contributed by atoms with Crippen molar-refractivity contribution in [1.82, 2.24) is 9.55 Å². The zero-order valence-corrected chi connectivity index (χ0v) is 36.9. The summed E-state index contributed by atoms with van der Waals surface area (Å²) in [6.45, 7) is 17.3. The first kappa shape index (κ1) is 38.8. The molecule has 1 aliphatic heterocycles. The molecular formula is C56H56N4O. The van der Waals surface area contributed by atoms with Crippen LogP contribution < -0.4 is 14.5 Å². The molecule has 2 aliphatic rings. The molecule has 61 heavy (non-hydrogen) atoms. The molecule has 6 aromatic carbocycles. The van der Waals surface area contributed by atoms with Crippen LogP contribution in [0.5, 0.6) is 11.5 Å². The summed E-state index contributed by atoms with van der Waals surface area (Å²) < 4.78 is 9.37. The number of hydrogen-bond donors (Lipinski definition) is 0. The molecule has 1 saturated carbocycles. The van der Waals surface area contributed by atoms with Crippen LogP contribution in [-0.4, -0.2) is 23.3 Å². The molecule has 0 atom stereocenters. The lowest BCUT2D eigenvalue weighted by Crippen LogP contribution is -2.56. The predicted molar refractivity (Wildman–Crippen MR) is 255 cm³/mol. The fourth-order valence-corrected chi connectivity index (χ4v) is 12.0. The van der Waals surface area contributed by atoms with Gasteiger partial charge in [-0.1, -0.05) is 112 Å². The van der Waals surface area contributed by atoms with Crippen molar-refractivity contribution in [2.45, 2.75) is 73.1 Å². The van der Waals surface area contributed by atoms with Gasteiger partial charge in [-0.15, -0.1) is 0 Å². The summed E-state index contributed by atoms with van der Waals surface area (Å²) in [6.07, 6.45) is 5.57. The first-order valence-corrected chi connectivity index (χ1v) is 21.9. The van der Waals surface area contributed by atoms with Crippen molar-refractivity contribution >= 4 is 38.9 Å². The van der Waals surface area contributed by atoms with Crippen molar-refractivity contribution in [3.05, 3.63) is 174 Å². The third kappa shape index (κ3) is 6.15. The molecule has 2 aromatic heterocycles. The van der Waals surface area contributed by atoms with Crippen molar-refractivity contribution in [3.63, 3.8) is 0 Å². The predicted octanol–water partition coefficient (Wildman–Crippen LogP) is 14.6. The number of ether oxygens (including phenoxy) is 1. The molecule has 8 aromatic rings. The summed E-state index contributed by atoms with van der Waals surface area (Å²) in [7, 11) is 2.16. The second-order valence-electron chi connectivity index (χ2n) is 19.0. The minimum absolute atomic E-state index is 0.00612. The number of fused-ring (bicyclic) bond motifs is 4. The molecule has 5 heteroatoms. The number of nitrogens with zero attached hydrogens (tertiary/aromatic N) is 4. The molecule has 306 valence electrons. The topological polar surface area (TPSA) is 33.5 Å². The Morgan fingerprint density at radius 3 is 2.02 bits per heavy atom. The normalized spacial score (nSPS) is 16.6. The van der Waals surface area contributed by atoms with Crippen LogP contribution in [0.4, 0.5) is 17.1 Å². The Morgan fingerprint density at radius 2 is 1.26 bits per heavy atom. The molecule has 3 heterocycles. The van der Waals surface area contributed by atoms with E-state index in [4.69, 9.17) is 9.72 Å². The van der Waals surface area contributed by atoms with Crippen LogP contribution in [0.3, 0.4) is 0 Å². The Kier molecular flexibility index (Phi) is 9.17. The van der Waals surface area contributed by atoms with E-state index >= 15 is 0 Å². The second kappa shape index (κ2) is 14.4. The molecule has 0 bridgehead atoms. The summed E-state index contributed by atoms with van der Waals surface area (Å²) in [5, 5.41) is 2.36. The van der Waals surface area contributed by atoms with E-state index < -0.39 is 0 Å². The van der Waals surface area contributed by atoms with Gasteiger partial charge in [-0.2, -0.15) is 0 Å². The molecule has 0 N–H and O–H groups in total. The Labute approximate surface area is 361 Å². The van der Waals surface area contributed by atoms with Crippen LogP contribution >= 0.6 is 0 Å². The van der Waals surface area contributed by atoms with Crippen molar-refractivity contribution in [3.8, 4) is 28.4 Å². The number of rotatable bonds is 7. The molecule has 0 saturated heterocycles. The maximum Gasteiger partial charge on any atom is 0.137 e. The second-order valence-corrected chi connectivity index (χ2v) is 19.0. The van der Waals surface area contributed by atoms with Gasteiger partial charge in [0, 0.05) is 47.3 Å². The lowest BCUT2D eigenvalue weighted by atomic mass is 9.43. The van der Waals surface area contributed by atoms with Crippen molar-refractivity contribution in [2.75, 3.05) is 23.5 Å². The van der Waals surface area contributed by atoms with Gasteiger partial charge >= 0.3 is 0 Å². The number of benzene rings is 6. The molecule has 10 rings (SSSR count). The number of pyridine rings is 1. The van der Waals surface area contributed by atoms with Crippen LogP contribution in [0.2, 0.25) is 0 Å². The highest BCUT2D eigenvalue weighted by atomic mass is 16.5. The van der Waals surface area contributed by atoms with E-state index in [0.717, 1.165) is 59.1 Å². The van der Waals surface area contributed by atoms with E-state index in [1.54, 1.807) is 0 Å². The average Bonchev–Trinajstić information content (AvgIpc) is 3.74. The van der Waals surface area contributed by atoms with Gasteiger partial charge in [0.1, 0.15) is 17.3 Å². The highest BCUT2D eigenvalue weighted by Gasteiger charge is 2.58. The molecule has 1 fully saturated rings. The van der Waals surface area contributed by atoms with Crippen molar-refractivity contribution in [1.29, 1.82) is 0 Å². The summed E-state index contributed by atoms with van der Waals surface area (Å²) in [5.74, 6) is 2.50. The fraction of sp³-hybridized carbons (Fsp3) is 0.268. The fourth-order valence-electron chi connectivity index (χ4n) is 12.0.